The number of fused-ring (bicyclic) bond motifs is 1. The number of halogens is 2. The molecule has 3 rings (SSSR count). The van der Waals surface area contributed by atoms with Crippen LogP contribution in [-0.2, 0) is 30.6 Å². The largest absolute Gasteiger partial charge is 0.399 e. The average Bonchev–Trinajstić information content (AvgIpc) is 2.91. The number of rotatable bonds is 4. The van der Waals surface area contributed by atoms with Gasteiger partial charge in [-0.25, -0.2) is 4.98 Å². The third-order valence-electron chi connectivity index (χ3n) is 4.02. The van der Waals surface area contributed by atoms with Crippen LogP contribution in [0.3, 0.4) is 0 Å². The number of thiazole rings is 1. The van der Waals surface area contributed by atoms with Crippen molar-refractivity contribution < 1.29 is 4.79 Å². The smallest absolute Gasteiger partial charge is 0.227 e. The lowest BCUT2D eigenvalue weighted by molar-refractivity contribution is -0.129. The molecule has 0 saturated heterocycles. The van der Waals surface area contributed by atoms with Crippen LogP contribution in [0.4, 0.5) is 5.69 Å². The van der Waals surface area contributed by atoms with Crippen LogP contribution < -0.4 is 5.73 Å². The summed E-state index contributed by atoms with van der Waals surface area (Å²) in [5.74, 6) is 0.109. The molecule has 0 aliphatic heterocycles. The first-order valence-electron chi connectivity index (χ1n) is 7.67. The first-order chi connectivity index (χ1) is 10.6. The molecule has 1 heterocycles. The molecule has 0 unspecified atom stereocenters. The second kappa shape index (κ2) is 9.25. The van der Waals surface area contributed by atoms with Crippen molar-refractivity contribution in [2.75, 3.05) is 12.8 Å². The van der Waals surface area contributed by atoms with Crippen LogP contribution in [0.25, 0.3) is 0 Å². The molecule has 4 nitrogen and oxygen atoms in total. The molecular weight excluding hydrogens is 365 g/mol. The molecule has 1 aliphatic carbocycles. The molecule has 24 heavy (non-hydrogen) atoms. The number of nitrogen functional groups attached to an aromatic ring is 1. The fraction of sp³-hybridized carbons (Fsp3) is 0.412. The zero-order valence-corrected chi connectivity index (χ0v) is 16.1. The summed E-state index contributed by atoms with van der Waals surface area (Å²) in [5, 5.41) is 1.06. The van der Waals surface area contributed by atoms with Gasteiger partial charge in [-0.15, -0.1) is 36.2 Å². The van der Waals surface area contributed by atoms with Gasteiger partial charge in [0.25, 0.3) is 0 Å². The molecule has 2 N–H and O–H groups in total. The number of nitrogens with zero attached hydrogens (tertiary/aromatic N) is 2. The number of aromatic nitrogens is 1. The van der Waals surface area contributed by atoms with E-state index in [4.69, 9.17) is 10.7 Å². The first-order valence-corrected chi connectivity index (χ1v) is 8.49. The third kappa shape index (κ3) is 5.10. The van der Waals surface area contributed by atoms with Crippen LogP contribution in [0, 0.1) is 0 Å². The Labute approximate surface area is 159 Å². The number of amides is 1. The zero-order valence-electron chi connectivity index (χ0n) is 13.7. The van der Waals surface area contributed by atoms with E-state index < -0.39 is 0 Å². The molecular formula is C17H23Cl2N3OS. The second-order valence-corrected chi connectivity index (χ2v) is 7.02. The van der Waals surface area contributed by atoms with E-state index in [1.54, 1.807) is 16.2 Å². The van der Waals surface area contributed by atoms with Gasteiger partial charge in [-0.3, -0.25) is 4.79 Å². The summed E-state index contributed by atoms with van der Waals surface area (Å²) < 4.78 is 0. The number of hydrogen-bond acceptors (Lipinski definition) is 4. The molecule has 0 bridgehead atoms. The van der Waals surface area contributed by atoms with Crippen molar-refractivity contribution in [2.45, 2.75) is 38.6 Å². The van der Waals surface area contributed by atoms with Gasteiger partial charge in [0.1, 0.15) is 5.01 Å². The molecule has 0 fully saturated rings. The highest BCUT2D eigenvalue weighted by Crippen LogP contribution is 2.27. The summed E-state index contributed by atoms with van der Waals surface area (Å²) in [6.07, 6.45) is 5.15. The summed E-state index contributed by atoms with van der Waals surface area (Å²) >= 11 is 1.77. The number of anilines is 1. The molecule has 132 valence electrons. The molecule has 0 saturated carbocycles. The monoisotopic (exact) mass is 387 g/mol. The number of carbonyl (C=O) groups excluding carboxylic acids is 1. The molecule has 1 amide bonds. The maximum absolute atomic E-state index is 12.3. The van der Waals surface area contributed by atoms with Crippen LogP contribution in [0.2, 0.25) is 0 Å². The van der Waals surface area contributed by atoms with Gasteiger partial charge >= 0.3 is 0 Å². The summed E-state index contributed by atoms with van der Waals surface area (Å²) in [4.78, 5) is 20.2. The SMILES string of the molecule is CN(Cc1nc2c(s1)CCCC2)C(=O)Cc1ccc(N)cc1.Cl.Cl. The Kier molecular flexibility index (Phi) is 8.00. The van der Waals surface area contributed by atoms with Gasteiger partial charge in [0.15, 0.2) is 0 Å². The van der Waals surface area contributed by atoms with Crippen LogP contribution in [0.5, 0.6) is 0 Å². The van der Waals surface area contributed by atoms with E-state index in [2.05, 4.69) is 0 Å². The maximum atomic E-state index is 12.3. The van der Waals surface area contributed by atoms with E-state index in [-0.39, 0.29) is 30.7 Å². The normalized spacial score (nSPS) is 12.5. The lowest BCUT2D eigenvalue weighted by Crippen LogP contribution is -2.27. The number of nitrogens with two attached hydrogens (primary N) is 1. The lowest BCUT2D eigenvalue weighted by atomic mass is 10.0. The highest BCUT2D eigenvalue weighted by molar-refractivity contribution is 7.11. The van der Waals surface area contributed by atoms with Gasteiger partial charge < -0.3 is 10.6 Å². The van der Waals surface area contributed by atoms with Gasteiger partial charge in [-0.2, -0.15) is 0 Å². The minimum atomic E-state index is 0. The average molecular weight is 388 g/mol. The number of aryl methyl sites for hydroxylation is 2. The van der Waals surface area contributed by atoms with Crippen molar-refractivity contribution in [3.05, 3.63) is 45.4 Å². The van der Waals surface area contributed by atoms with E-state index in [1.807, 2.05) is 31.3 Å². The molecule has 7 heteroatoms. The third-order valence-corrected chi connectivity index (χ3v) is 5.17. The van der Waals surface area contributed by atoms with Crippen molar-refractivity contribution in [3.63, 3.8) is 0 Å². The Morgan fingerprint density at radius 3 is 2.54 bits per heavy atom. The zero-order chi connectivity index (χ0) is 15.5. The van der Waals surface area contributed by atoms with Crippen LogP contribution in [0.1, 0.15) is 34.0 Å². The van der Waals surface area contributed by atoms with Crippen molar-refractivity contribution in [2.24, 2.45) is 0 Å². The Morgan fingerprint density at radius 1 is 1.21 bits per heavy atom. The molecule has 0 atom stereocenters. The maximum Gasteiger partial charge on any atom is 0.227 e. The van der Waals surface area contributed by atoms with Gasteiger partial charge in [0, 0.05) is 17.6 Å². The summed E-state index contributed by atoms with van der Waals surface area (Å²) in [6.45, 7) is 0.603. The molecule has 0 spiro atoms. The molecule has 2 aromatic rings. The summed E-state index contributed by atoms with van der Waals surface area (Å²) in [5.41, 5.74) is 8.63. The predicted molar refractivity (Wildman–Crippen MR) is 104 cm³/mol. The van der Waals surface area contributed by atoms with Crippen LogP contribution >= 0.6 is 36.2 Å². The Hall–Kier alpha value is -1.30. The Balaban J connectivity index is 0.00000144. The topological polar surface area (TPSA) is 59.2 Å². The Morgan fingerprint density at radius 2 is 1.88 bits per heavy atom. The second-order valence-electron chi connectivity index (χ2n) is 5.85. The molecule has 0 radical (unpaired) electrons. The lowest BCUT2D eigenvalue weighted by Gasteiger charge is -2.15. The number of carbonyl (C=O) groups is 1. The van der Waals surface area contributed by atoms with E-state index >= 15 is 0 Å². The van der Waals surface area contributed by atoms with Crippen LogP contribution in [0.15, 0.2) is 24.3 Å². The molecule has 1 aliphatic rings. The van der Waals surface area contributed by atoms with Crippen molar-refractivity contribution >= 4 is 47.7 Å². The predicted octanol–water partition coefficient (Wildman–Crippen LogP) is 3.65. The quantitative estimate of drug-likeness (QED) is 0.814. The minimum absolute atomic E-state index is 0. The van der Waals surface area contributed by atoms with Crippen molar-refractivity contribution in [1.82, 2.24) is 9.88 Å². The molecule has 1 aromatic carbocycles. The summed E-state index contributed by atoms with van der Waals surface area (Å²) in [6, 6.07) is 7.47. The highest BCUT2D eigenvalue weighted by atomic mass is 35.5. The fourth-order valence-electron chi connectivity index (χ4n) is 2.71. The standard InChI is InChI=1S/C17H21N3OS.2ClH/c1-20(17(21)10-12-6-8-13(18)9-7-12)11-16-19-14-4-2-3-5-15(14)22-16;;/h6-9H,2-5,10-11,18H2,1H3;2*1H. The van der Waals surface area contributed by atoms with Gasteiger partial charge in [-0.05, 0) is 43.4 Å². The van der Waals surface area contributed by atoms with E-state index in [9.17, 15) is 4.79 Å². The number of likely N-dealkylation sites (N-methyl/N-ethyl adjacent to an activating group) is 1. The number of benzene rings is 1. The molecule has 1 aromatic heterocycles. The van der Waals surface area contributed by atoms with Gasteiger partial charge in [-0.1, -0.05) is 12.1 Å². The van der Waals surface area contributed by atoms with Gasteiger partial charge in [0.2, 0.25) is 5.91 Å². The van der Waals surface area contributed by atoms with E-state index in [0.717, 1.165) is 29.1 Å². The first kappa shape index (κ1) is 20.7. The van der Waals surface area contributed by atoms with Crippen molar-refractivity contribution in [3.8, 4) is 0 Å². The minimum Gasteiger partial charge on any atom is -0.399 e. The summed E-state index contributed by atoms with van der Waals surface area (Å²) in [7, 11) is 1.85. The highest BCUT2D eigenvalue weighted by Gasteiger charge is 2.17. The van der Waals surface area contributed by atoms with Gasteiger partial charge in [0.05, 0.1) is 18.7 Å². The fourth-order valence-corrected chi connectivity index (χ4v) is 3.92. The van der Waals surface area contributed by atoms with E-state index in [0.29, 0.717) is 13.0 Å². The van der Waals surface area contributed by atoms with Crippen LogP contribution in [-0.4, -0.2) is 22.8 Å². The number of hydrogen-bond donors (Lipinski definition) is 1. The van der Waals surface area contributed by atoms with E-state index in [1.165, 1.54) is 23.4 Å². The Bertz CT molecular complexity index is 649. The van der Waals surface area contributed by atoms with Crippen molar-refractivity contribution in [1.29, 1.82) is 0 Å².